The van der Waals surface area contributed by atoms with E-state index >= 15 is 0 Å². The molecule has 0 spiro atoms. The molecule has 0 aliphatic carbocycles. The topological polar surface area (TPSA) is 52.6 Å². The van der Waals surface area contributed by atoms with Gasteiger partial charge in [-0.1, -0.05) is 45.1 Å². The van der Waals surface area contributed by atoms with Gasteiger partial charge in [0.1, 0.15) is 4.75 Å². The van der Waals surface area contributed by atoms with Gasteiger partial charge in [-0.05, 0) is 34.1 Å². The second-order valence-corrected chi connectivity index (χ2v) is 9.25. The molecule has 23 heavy (non-hydrogen) atoms. The van der Waals surface area contributed by atoms with E-state index in [0.717, 1.165) is 19.3 Å². The highest BCUT2D eigenvalue weighted by atomic mass is 32.2. The maximum absolute atomic E-state index is 12.8. The molecule has 0 N–H and O–H groups in total. The van der Waals surface area contributed by atoms with E-state index in [9.17, 15) is 9.35 Å². The molecular weight excluding hydrogens is 310 g/mol. The number of carbonyl (C=O) groups is 1. The fourth-order valence-electron chi connectivity index (χ4n) is 2.82. The molecule has 1 unspecified atom stereocenters. The summed E-state index contributed by atoms with van der Waals surface area (Å²) < 4.78 is 19.6. The van der Waals surface area contributed by atoms with Gasteiger partial charge in [-0.2, -0.15) is 0 Å². The van der Waals surface area contributed by atoms with Crippen molar-refractivity contribution in [3.8, 4) is 0 Å². The van der Waals surface area contributed by atoms with Gasteiger partial charge in [0.25, 0.3) is 0 Å². The molecule has 1 aliphatic heterocycles. The smallest absolute Gasteiger partial charge is 0.335 e. The van der Waals surface area contributed by atoms with E-state index in [1.165, 1.54) is 19.3 Å². The van der Waals surface area contributed by atoms with E-state index < -0.39 is 11.4 Å². The normalized spacial score (nSPS) is 20.4. The second-order valence-electron chi connectivity index (χ2n) is 7.06. The van der Waals surface area contributed by atoms with Crippen molar-refractivity contribution in [3.63, 3.8) is 0 Å². The third kappa shape index (κ3) is 6.12. The van der Waals surface area contributed by atoms with Crippen molar-refractivity contribution in [1.29, 1.82) is 0 Å². The predicted octanol–water partition coefficient (Wildman–Crippen LogP) is 3.98. The van der Waals surface area contributed by atoms with Crippen LogP contribution in [0.2, 0.25) is 0 Å². The summed E-state index contributed by atoms with van der Waals surface area (Å²) >= 11 is -1.12. The number of hydrogen-bond acceptors (Lipinski definition) is 4. The SMILES string of the molecule is CCCCCCC[C@H]1C(C(=O)OCC)=CCN1[S+]([O-])C(C)(C)C. The summed E-state index contributed by atoms with van der Waals surface area (Å²) in [5.41, 5.74) is 0.694. The van der Waals surface area contributed by atoms with Gasteiger partial charge in [-0.15, -0.1) is 4.31 Å². The average Bonchev–Trinajstić information content (AvgIpc) is 2.89. The van der Waals surface area contributed by atoms with E-state index in [1.54, 1.807) is 0 Å². The zero-order valence-corrected chi connectivity index (χ0v) is 16.2. The van der Waals surface area contributed by atoms with Crippen molar-refractivity contribution < 1.29 is 14.1 Å². The van der Waals surface area contributed by atoms with Gasteiger partial charge >= 0.3 is 5.97 Å². The van der Waals surface area contributed by atoms with Crippen LogP contribution in [-0.2, 0) is 20.9 Å². The van der Waals surface area contributed by atoms with Gasteiger partial charge in [-0.3, -0.25) is 0 Å². The largest absolute Gasteiger partial charge is 0.597 e. The minimum absolute atomic E-state index is 0.0734. The molecule has 0 saturated heterocycles. The maximum Gasteiger partial charge on any atom is 0.335 e. The molecule has 0 fully saturated rings. The Bertz CT molecular complexity index is 404. The van der Waals surface area contributed by atoms with Gasteiger partial charge in [-0.25, -0.2) is 4.79 Å². The second kappa shape index (κ2) is 9.70. The van der Waals surface area contributed by atoms with Crippen LogP contribution in [0.4, 0.5) is 0 Å². The summed E-state index contributed by atoms with van der Waals surface area (Å²) in [4.78, 5) is 12.2. The first-order valence-electron chi connectivity index (χ1n) is 8.88. The monoisotopic (exact) mass is 343 g/mol. The van der Waals surface area contributed by atoms with Gasteiger partial charge in [0.15, 0.2) is 0 Å². The molecule has 2 atom stereocenters. The summed E-state index contributed by atoms with van der Waals surface area (Å²) in [6, 6.07) is -0.0734. The lowest BCUT2D eigenvalue weighted by molar-refractivity contribution is -0.138. The molecular formula is C18H33NO3S. The molecule has 1 aliphatic rings. The van der Waals surface area contributed by atoms with Crippen molar-refractivity contribution in [2.75, 3.05) is 13.2 Å². The van der Waals surface area contributed by atoms with Crippen molar-refractivity contribution in [3.05, 3.63) is 11.6 Å². The molecule has 0 saturated carbocycles. The first-order valence-corrected chi connectivity index (χ1v) is 9.99. The van der Waals surface area contributed by atoms with Crippen molar-refractivity contribution in [2.24, 2.45) is 0 Å². The Labute approximate surface area is 145 Å². The first kappa shape index (κ1) is 20.5. The van der Waals surface area contributed by atoms with Crippen LogP contribution in [0.5, 0.6) is 0 Å². The summed E-state index contributed by atoms with van der Waals surface area (Å²) in [7, 11) is 0. The molecule has 5 heteroatoms. The Morgan fingerprint density at radius 1 is 1.30 bits per heavy atom. The first-order chi connectivity index (χ1) is 10.8. The number of carbonyl (C=O) groups excluding carboxylic acids is 1. The zero-order chi connectivity index (χ0) is 17.5. The van der Waals surface area contributed by atoms with E-state index in [1.807, 2.05) is 38.1 Å². The van der Waals surface area contributed by atoms with Crippen molar-refractivity contribution in [2.45, 2.75) is 83.9 Å². The van der Waals surface area contributed by atoms with Gasteiger partial charge < -0.3 is 9.29 Å². The van der Waals surface area contributed by atoms with E-state index in [2.05, 4.69) is 6.92 Å². The average molecular weight is 344 g/mol. The Morgan fingerprint density at radius 3 is 2.52 bits per heavy atom. The summed E-state index contributed by atoms with van der Waals surface area (Å²) in [5.74, 6) is -0.250. The summed E-state index contributed by atoms with van der Waals surface area (Å²) in [6.45, 7) is 10.9. The highest BCUT2D eigenvalue weighted by Crippen LogP contribution is 2.32. The molecule has 0 amide bonds. The molecule has 0 aromatic rings. The van der Waals surface area contributed by atoms with Crippen molar-refractivity contribution in [1.82, 2.24) is 4.31 Å². The summed E-state index contributed by atoms with van der Waals surface area (Å²) in [6.07, 6.45) is 8.69. The molecule has 134 valence electrons. The third-order valence-electron chi connectivity index (χ3n) is 4.03. The van der Waals surface area contributed by atoms with Crippen LogP contribution in [0.1, 0.15) is 73.1 Å². The quantitative estimate of drug-likeness (QED) is 0.361. The number of nitrogens with zero attached hydrogens (tertiary/aromatic N) is 1. The Morgan fingerprint density at radius 2 is 1.96 bits per heavy atom. The fourth-order valence-corrected chi connectivity index (χ4v) is 4.18. The number of esters is 1. The van der Waals surface area contributed by atoms with Crippen LogP contribution in [0.25, 0.3) is 0 Å². The van der Waals surface area contributed by atoms with Gasteiger partial charge in [0.2, 0.25) is 0 Å². The molecule has 0 aromatic carbocycles. The molecule has 0 bridgehead atoms. The third-order valence-corrected chi connectivity index (χ3v) is 5.90. The van der Waals surface area contributed by atoms with Crippen LogP contribution >= 0.6 is 0 Å². The van der Waals surface area contributed by atoms with Crippen LogP contribution < -0.4 is 0 Å². The molecule has 4 nitrogen and oxygen atoms in total. The highest BCUT2D eigenvalue weighted by molar-refractivity contribution is 7.90. The van der Waals surface area contributed by atoms with E-state index in [4.69, 9.17) is 4.74 Å². The molecule has 1 rings (SSSR count). The lowest BCUT2D eigenvalue weighted by Crippen LogP contribution is -2.47. The highest BCUT2D eigenvalue weighted by Gasteiger charge is 2.43. The standard InChI is InChI=1S/C18H33NO3S/c1-6-8-9-10-11-12-16-15(17(20)22-7-2)13-14-19(16)23(21)18(3,4)5/h13,16H,6-12,14H2,1-5H3/t16-,23?/m0/s1. The predicted molar refractivity (Wildman–Crippen MR) is 96.5 cm³/mol. The minimum atomic E-state index is -1.12. The minimum Gasteiger partial charge on any atom is -0.597 e. The number of hydrogen-bond donors (Lipinski definition) is 0. The van der Waals surface area contributed by atoms with Crippen LogP contribution in [0.3, 0.4) is 0 Å². The van der Waals surface area contributed by atoms with Gasteiger partial charge in [0.05, 0.1) is 24.8 Å². The Balaban J connectivity index is 2.73. The van der Waals surface area contributed by atoms with E-state index in [0.29, 0.717) is 18.7 Å². The number of rotatable bonds is 9. The Hall–Kier alpha value is -0.520. The molecule has 1 heterocycles. The molecule has 0 aromatic heterocycles. The Kier molecular flexibility index (Phi) is 8.65. The van der Waals surface area contributed by atoms with Crippen molar-refractivity contribution >= 4 is 17.3 Å². The van der Waals surface area contributed by atoms with Crippen LogP contribution in [-0.4, -0.2) is 38.8 Å². The van der Waals surface area contributed by atoms with Gasteiger partial charge in [0, 0.05) is 11.4 Å². The lowest BCUT2D eigenvalue weighted by atomic mass is 10.0. The van der Waals surface area contributed by atoms with E-state index in [-0.39, 0.29) is 16.8 Å². The number of unbranched alkanes of at least 4 members (excludes halogenated alkanes) is 4. The fraction of sp³-hybridized carbons (Fsp3) is 0.833. The lowest BCUT2D eigenvalue weighted by Gasteiger charge is -2.34. The molecule has 0 radical (unpaired) electrons. The maximum atomic E-state index is 12.8. The van der Waals surface area contributed by atoms with Crippen LogP contribution in [0.15, 0.2) is 11.6 Å². The zero-order valence-electron chi connectivity index (χ0n) is 15.4. The summed E-state index contributed by atoms with van der Waals surface area (Å²) in [5, 5.41) is 0. The number of ether oxygens (including phenoxy) is 1. The van der Waals surface area contributed by atoms with Crippen LogP contribution in [0, 0.1) is 0 Å².